The van der Waals surface area contributed by atoms with Gasteiger partial charge in [0.05, 0.1) is 38.0 Å². The maximum atomic E-state index is 14.6. The third-order valence-electron chi connectivity index (χ3n) is 7.48. The first kappa shape index (κ1) is 32.5. The van der Waals surface area contributed by atoms with Crippen LogP contribution in [0.3, 0.4) is 0 Å². The molecule has 0 aliphatic carbocycles. The number of aromatic nitrogens is 5. The van der Waals surface area contributed by atoms with Gasteiger partial charge < -0.3 is 14.2 Å². The van der Waals surface area contributed by atoms with Gasteiger partial charge in [-0.25, -0.2) is 18.5 Å². The Morgan fingerprint density at radius 2 is 1.80 bits per heavy atom. The number of ether oxygens (including phenoxy) is 3. The van der Waals surface area contributed by atoms with E-state index in [9.17, 15) is 18.8 Å². The number of esters is 1. The van der Waals surface area contributed by atoms with Crippen LogP contribution in [0, 0.1) is 12.7 Å². The number of nitrogens with zero attached hydrogens (tertiary/aromatic N) is 5. The van der Waals surface area contributed by atoms with Crippen LogP contribution >= 0.6 is 11.3 Å². The molecule has 3 aromatic heterocycles. The lowest BCUT2D eigenvalue weighted by Gasteiger charge is -2.27. The number of methoxy groups -OCH3 is 1. The van der Waals surface area contributed by atoms with Crippen molar-refractivity contribution in [3.05, 3.63) is 116 Å². The molecule has 5 rings (SSSR count). The Balaban J connectivity index is 1.71. The van der Waals surface area contributed by atoms with Crippen LogP contribution in [0.1, 0.15) is 43.6 Å². The van der Waals surface area contributed by atoms with Crippen molar-refractivity contribution < 1.29 is 23.4 Å². The van der Waals surface area contributed by atoms with E-state index in [1.165, 1.54) is 60.9 Å². The molecular weight excluding hydrogens is 613 g/mol. The predicted octanol–water partition coefficient (Wildman–Crippen LogP) is 5.07. The molecule has 0 saturated heterocycles. The summed E-state index contributed by atoms with van der Waals surface area (Å²) in [6.07, 6.45) is 2.08. The quantitative estimate of drug-likeness (QED) is 0.136. The summed E-state index contributed by atoms with van der Waals surface area (Å²) in [5.74, 6) is -0.951. The minimum Gasteiger partial charge on any atom is -0.496 e. The second-order valence-corrected chi connectivity index (χ2v) is 12.3. The SMILES string of the molecule is C=C(C)CO[C@@H](Cn1c(=O)n(C(C)(C)C(=O)OCc2ccccc2)c(=O)c2c(C)c(-n3nccn3)sc21)c1cc(F)ccc1OC. The number of aryl methyl sites for hydroxylation is 1. The van der Waals surface area contributed by atoms with E-state index in [4.69, 9.17) is 14.2 Å². The zero-order valence-electron chi connectivity index (χ0n) is 26.2. The van der Waals surface area contributed by atoms with Gasteiger partial charge in [0.2, 0.25) is 0 Å². The number of halogens is 1. The van der Waals surface area contributed by atoms with E-state index in [0.29, 0.717) is 32.3 Å². The van der Waals surface area contributed by atoms with Gasteiger partial charge in [-0.15, -0.1) is 4.80 Å². The highest BCUT2D eigenvalue weighted by Gasteiger charge is 2.37. The minimum absolute atomic E-state index is 0.0446. The molecule has 0 aliphatic rings. The zero-order valence-corrected chi connectivity index (χ0v) is 27.0. The van der Waals surface area contributed by atoms with Crippen LogP contribution < -0.4 is 16.0 Å². The van der Waals surface area contributed by atoms with Crippen LogP contribution in [-0.2, 0) is 33.0 Å². The van der Waals surface area contributed by atoms with Crippen molar-refractivity contribution in [2.75, 3.05) is 13.7 Å². The highest BCUT2D eigenvalue weighted by atomic mass is 32.1. The number of fused-ring (bicyclic) bond motifs is 1. The molecule has 11 nitrogen and oxygen atoms in total. The number of hydrogen-bond acceptors (Lipinski definition) is 9. The number of benzene rings is 2. The van der Waals surface area contributed by atoms with Crippen molar-refractivity contribution in [2.45, 2.75) is 52.5 Å². The van der Waals surface area contributed by atoms with Crippen molar-refractivity contribution in [3.63, 3.8) is 0 Å². The summed E-state index contributed by atoms with van der Waals surface area (Å²) in [7, 11) is 1.45. The van der Waals surface area contributed by atoms with Gasteiger partial charge >= 0.3 is 11.7 Å². The number of hydrogen-bond donors (Lipinski definition) is 0. The highest BCUT2D eigenvalue weighted by molar-refractivity contribution is 7.21. The first-order chi connectivity index (χ1) is 21.9. The largest absolute Gasteiger partial charge is 0.496 e. The van der Waals surface area contributed by atoms with Crippen LogP contribution in [0.25, 0.3) is 15.2 Å². The molecule has 0 saturated carbocycles. The fourth-order valence-electron chi connectivity index (χ4n) is 5.10. The molecule has 0 bridgehead atoms. The summed E-state index contributed by atoms with van der Waals surface area (Å²) in [6, 6.07) is 13.1. The van der Waals surface area contributed by atoms with Crippen molar-refractivity contribution >= 4 is 27.5 Å². The summed E-state index contributed by atoms with van der Waals surface area (Å²) in [6.45, 7) is 10.2. The van der Waals surface area contributed by atoms with Crippen LogP contribution in [0.15, 0.2) is 82.7 Å². The average molecular weight is 648 g/mol. The van der Waals surface area contributed by atoms with E-state index in [-0.39, 0.29) is 25.1 Å². The lowest BCUT2D eigenvalue weighted by Crippen LogP contribution is -2.53. The van der Waals surface area contributed by atoms with Crippen molar-refractivity contribution in [2.24, 2.45) is 0 Å². The highest BCUT2D eigenvalue weighted by Crippen LogP contribution is 2.34. The molecule has 0 unspecified atom stereocenters. The van der Waals surface area contributed by atoms with Crippen molar-refractivity contribution in [1.29, 1.82) is 0 Å². The molecule has 5 aromatic rings. The summed E-state index contributed by atoms with van der Waals surface area (Å²) in [5.41, 5.74) is -0.859. The molecule has 0 fully saturated rings. The molecule has 13 heteroatoms. The van der Waals surface area contributed by atoms with Gasteiger partial charge in [-0.05, 0) is 51.5 Å². The van der Waals surface area contributed by atoms with Gasteiger partial charge in [-0.3, -0.25) is 9.36 Å². The number of carbonyl (C=O) groups excluding carboxylic acids is 1. The van der Waals surface area contributed by atoms with Gasteiger partial charge in [0, 0.05) is 11.1 Å². The molecule has 0 spiro atoms. The number of carbonyl (C=O) groups is 1. The Kier molecular flexibility index (Phi) is 9.35. The van der Waals surface area contributed by atoms with E-state index < -0.39 is 34.7 Å². The van der Waals surface area contributed by atoms with Crippen molar-refractivity contribution in [3.8, 4) is 10.8 Å². The third-order valence-corrected chi connectivity index (χ3v) is 8.76. The Morgan fingerprint density at radius 3 is 2.46 bits per heavy atom. The van der Waals surface area contributed by atoms with E-state index in [0.717, 1.165) is 21.5 Å². The van der Waals surface area contributed by atoms with Gasteiger partial charge in [0.25, 0.3) is 5.56 Å². The summed E-state index contributed by atoms with van der Waals surface area (Å²) >= 11 is 1.14. The molecule has 0 N–H and O–H groups in total. The molecule has 0 amide bonds. The van der Waals surface area contributed by atoms with Crippen LogP contribution in [0.2, 0.25) is 0 Å². The standard InChI is InChI=1S/C33H34FN5O6S/c1-20(2)18-44-26(24-16-23(34)12-13-25(24)43-6)17-37-30-27(21(3)29(46-30)39-35-14-15-36-39)28(40)38(32(37)42)33(4,5)31(41)45-19-22-10-8-7-9-11-22/h7-16,26H,1,17-19H2,2-6H3/t26-/m0/s1. The van der Waals surface area contributed by atoms with Gasteiger partial charge in [0.15, 0.2) is 0 Å². The Bertz CT molecular complexity index is 2010. The molecule has 0 radical (unpaired) electrons. The van der Waals surface area contributed by atoms with E-state index in [2.05, 4.69) is 16.8 Å². The van der Waals surface area contributed by atoms with Crippen molar-refractivity contribution in [1.82, 2.24) is 24.1 Å². The first-order valence-corrected chi connectivity index (χ1v) is 15.2. The molecular formula is C33H34FN5O6S. The fraction of sp³-hybridized carbons (Fsp3) is 0.303. The van der Waals surface area contributed by atoms with Crippen LogP contribution in [-0.4, -0.2) is 43.8 Å². The van der Waals surface area contributed by atoms with Crippen LogP contribution in [0.4, 0.5) is 4.39 Å². The third kappa shape index (κ3) is 6.28. The van der Waals surface area contributed by atoms with E-state index in [1.807, 2.05) is 18.2 Å². The van der Waals surface area contributed by atoms with Crippen LogP contribution in [0.5, 0.6) is 5.75 Å². The molecule has 0 aliphatic heterocycles. The first-order valence-electron chi connectivity index (χ1n) is 14.4. The second-order valence-electron chi connectivity index (χ2n) is 11.3. The Hall–Kier alpha value is -4.88. The fourth-order valence-corrected chi connectivity index (χ4v) is 6.32. The Labute approximate surface area is 268 Å². The lowest BCUT2D eigenvalue weighted by molar-refractivity contribution is -0.154. The van der Waals surface area contributed by atoms with Gasteiger partial charge in [0.1, 0.15) is 39.6 Å². The maximum Gasteiger partial charge on any atom is 0.333 e. The topological polar surface area (TPSA) is 119 Å². The molecule has 3 heterocycles. The summed E-state index contributed by atoms with van der Waals surface area (Å²) in [5, 5.41) is 9.15. The molecule has 240 valence electrons. The summed E-state index contributed by atoms with van der Waals surface area (Å²) in [4.78, 5) is 43.9. The van der Waals surface area contributed by atoms with Gasteiger partial charge in [-0.1, -0.05) is 53.8 Å². The second kappa shape index (κ2) is 13.2. The molecule has 46 heavy (non-hydrogen) atoms. The monoisotopic (exact) mass is 647 g/mol. The maximum absolute atomic E-state index is 14.6. The average Bonchev–Trinajstić information content (AvgIpc) is 3.68. The number of thiophene rings is 1. The Morgan fingerprint density at radius 1 is 1.11 bits per heavy atom. The molecule has 2 aromatic carbocycles. The van der Waals surface area contributed by atoms with E-state index >= 15 is 0 Å². The smallest absolute Gasteiger partial charge is 0.333 e. The minimum atomic E-state index is -1.72. The molecule has 1 atom stereocenters. The lowest BCUT2D eigenvalue weighted by atomic mass is 10.0. The zero-order chi connectivity index (χ0) is 33.2. The normalized spacial score (nSPS) is 12.3. The number of rotatable bonds is 12. The summed E-state index contributed by atoms with van der Waals surface area (Å²) < 4.78 is 34.1. The van der Waals surface area contributed by atoms with Gasteiger partial charge in [-0.2, -0.15) is 10.2 Å². The van der Waals surface area contributed by atoms with E-state index in [1.54, 1.807) is 26.0 Å². The predicted molar refractivity (Wildman–Crippen MR) is 172 cm³/mol.